The van der Waals surface area contributed by atoms with Gasteiger partial charge in [-0.3, -0.25) is 0 Å². The van der Waals surface area contributed by atoms with Crippen LogP contribution in [0.4, 0.5) is 11.8 Å². The molecule has 1 aromatic carbocycles. The molecule has 18 heavy (non-hydrogen) atoms. The summed E-state index contributed by atoms with van der Waals surface area (Å²) in [6.45, 7) is 1.97. The smallest absolute Gasteiger partial charge is 0.224 e. The first kappa shape index (κ1) is 12.3. The van der Waals surface area contributed by atoms with E-state index in [0.29, 0.717) is 19.0 Å². The van der Waals surface area contributed by atoms with Crippen LogP contribution in [0.25, 0.3) is 0 Å². The second-order valence-corrected chi connectivity index (χ2v) is 3.82. The molecular weight excluding hydrogens is 226 g/mol. The Balaban J connectivity index is 1.93. The number of hydrogen-bond donors (Lipinski definition) is 3. The molecule has 0 radical (unpaired) electrons. The zero-order valence-electron chi connectivity index (χ0n) is 10.1. The van der Waals surface area contributed by atoms with Gasteiger partial charge in [-0.2, -0.15) is 4.98 Å². The minimum atomic E-state index is 0.561. The van der Waals surface area contributed by atoms with Crippen molar-refractivity contribution >= 4 is 11.8 Å². The molecule has 94 valence electrons. The summed E-state index contributed by atoms with van der Waals surface area (Å²) in [5.41, 5.74) is 6.63. The molecule has 2 rings (SSSR count). The maximum atomic E-state index is 5.42. The lowest BCUT2D eigenvalue weighted by molar-refractivity contribution is 0.984. The average molecular weight is 243 g/mol. The minimum absolute atomic E-state index is 0.561. The molecule has 0 aliphatic heterocycles. The van der Waals surface area contributed by atoms with Gasteiger partial charge in [0.2, 0.25) is 5.95 Å². The van der Waals surface area contributed by atoms with E-state index in [1.54, 1.807) is 6.20 Å². The number of nitrogens with two attached hydrogens (primary N) is 1. The third kappa shape index (κ3) is 3.71. The summed E-state index contributed by atoms with van der Waals surface area (Å²) in [4.78, 5) is 8.45. The first-order valence-corrected chi connectivity index (χ1v) is 5.93. The predicted octanol–water partition coefficient (Wildman–Crippen LogP) is 1.46. The number of hydrogen-bond acceptors (Lipinski definition) is 5. The van der Waals surface area contributed by atoms with Crippen LogP contribution in [0.5, 0.6) is 0 Å². The van der Waals surface area contributed by atoms with E-state index in [0.717, 1.165) is 12.4 Å². The number of nitrogens with one attached hydrogen (secondary N) is 2. The predicted molar refractivity (Wildman–Crippen MR) is 73.3 cm³/mol. The molecular formula is C13H17N5. The highest BCUT2D eigenvalue weighted by Gasteiger charge is 1.98. The number of anilines is 2. The van der Waals surface area contributed by atoms with Crippen molar-refractivity contribution in [3.05, 3.63) is 48.2 Å². The quantitative estimate of drug-likeness (QED) is 0.716. The van der Waals surface area contributed by atoms with Crippen molar-refractivity contribution in [2.75, 3.05) is 23.7 Å². The molecule has 0 atom stereocenters. The van der Waals surface area contributed by atoms with Crippen LogP contribution in [0.3, 0.4) is 0 Å². The standard InChI is InChI=1S/C13H17N5/c14-7-9-16-13-15-8-6-12(18-13)17-10-11-4-2-1-3-5-11/h1-6,8H,7,9-10,14H2,(H2,15,16,17,18). The molecule has 0 saturated carbocycles. The molecule has 0 aliphatic rings. The topological polar surface area (TPSA) is 75.9 Å². The molecule has 0 fully saturated rings. The van der Waals surface area contributed by atoms with Gasteiger partial charge in [0.15, 0.2) is 0 Å². The highest BCUT2D eigenvalue weighted by Crippen LogP contribution is 2.07. The first-order chi connectivity index (χ1) is 8.88. The molecule has 1 aromatic heterocycles. The molecule has 5 nitrogen and oxygen atoms in total. The summed E-state index contributed by atoms with van der Waals surface area (Å²) >= 11 is 0. The second-order valence-electron chi connectivity index (χ2n) is 3.82. The van der Waals surface area contributed by atoms with Crippen molar-refractivity contribution in [3.8, 4) is 0 Å². The Kier molecular flexibility index (Phi) is 4.49. The van der Waals surface area contributed by atoms with Crippen LogP contribution in [-0.2, 0) is 6.54 Å². The number of rotatable bonds is 6. The van der Waals surface area contributed by atoms with Crippen LogP contribution in [0.15, 0.2) is 42.6 Å². The van der Waals surface area contributed by atoms with Crippen LogP contribution in [-0.4, -0.2) is 23.1 Å². The molecule has 0 amide bonds. The normalized spacial score (nSPS) is 10.1. The lowest BCUT2D eigenvalue weighted by Crippen LogP contribution is -2.15. The molecule has 0 bridgehead atoms. The van der Waals surface area contributed by atoms with Crippen LogP contribution < -0.4 is 16.4 Å². The summed E-state index contributed by atoms with van der Waals surface area (Å²) in [5.74, 6) is 1.40. The Morgan fingerprint density at radius 3 is 2.67 bits per heavy atom. The fourth-order valence-electron chi connectivity index (χ4n) is 1.51. The van der Waals surface area contributed by atoms with E-state index in [-0.39, 0.29) is 0 Å². The number of benzene rings is 1. The number of aromatic nitrogens is 2. The van der Waals surface area contributed by atoms with Gasteiger partial charge in [-0.15, -0.1) is 0 Å². The van der Waals surface area contributed by atoms with Crippen LogP contribution >= 0.6 is 0 Å². The highest BCUT2D eigenvalue weighted by atomic mass is 15.1. The zero-order valence-corrected chi connectivity index (χ0v) is 10.1. The molecule has 0 saturated heterocycles. The third-order valence-corrected chi connectivity index (χ3v) is 2.40. The maximum absolute atomic E-state index is 5.42. The van der Waals surface area contributed by atoms with Crippen LogP contribution in [0.1, 0.15) is 5.56 Å². The summed E-state index contributed by atoms with van der Waals surface area (Å²) in [7, 11) is 0. The molecule has 4 N–H and O–H groups in total. The van der Waals surface area contributed by atoms with Gasteiger partial charge in [0, 0.05) is 25.8 Å². The monoisotopic (exact) mass is 243 g/mol. The van der Waals surface area contributed by atoms with Gasteiger partial charge in [0.1, 0.15) is 5.82 Å². The minimum Gasteiger partial charge on any atom is -0.366 e. The van der Waals surface area contributed by atoms with Crippen molar-refractivity contribution < 1.29 is 0 Å². The van der Waals surface area contributed by atoms with Gasteiger partial charge in [-0.25, -0.2) is 4.98 Å². The van der Waals surface area contributed by atoms with Crippen molar-refractivity contribution in [1.29, 1.82) is 0 Å². The number of nitrogens with zero attached hydrogens (tertiary/aromatic N) is 2. The van der Waals surface area contributed by atoms with Gasteiger partial charge in [0.25, 0.3) is 0 Å². The van der Waals surface area contributed by atoms with E-state index >= 15 is 0 Å². The molecule has 2 aromatic rings. The fourth-order valence-corrected chi connectivity index (χ4v) is 1.51. The van der Waals surface area contributed by atoms with Crippen LogP contribution in [0.2, 0.25) is 0 Å². The van der Waals surface area contributed by atoms with Crippen molar-refractivity contribution in [2.24, 2.45) is 5.73 Å². The lowest BCUT2D eigenvalue weighted by atomic mass is 10.2. The van der Waals surface area contributed by atoms with Crippen LogP contribution in [0, 0.1) is 0 Å². The SMILES string of the molecule is NCCNc1nccc(NCc2ccccc2)n1. The largest absolute Gasteiger partial charge is 0.366 e. The molecule has 0 unspecified atom stereocenters. The Labute approximate surface area is 106 Å². The van der Waals surface area contributed by atoms with Gasteiger partial charge in [0.05, 0.1) is 0 Å². The maximum Gasteiger partial charge on any atom is 0.224 e. The summed E-state index contributed by atoms with van der Waals surface area (Å²) in [5, 5.41) is 6.30. The molecule has 0 aliphatic carbocycles. The Morgan fingerprint density at radius 1 is 1.06 bits per heavy atom. The van der Waals surface area contributed by atoms with E-state index in [2.05, 4.69) is 32.7 Å². The van der Waals surface area contributed by atoms with Crippen molar-refractivity contribution in [3.63, 3.8) is 0 Å². The van der Waals surface area contributed by atoms with E-state index in [4.69, 9.17) is 5.73 Å². The molecule has 0 spiro atoms. The Morgan fingerprint density at radius 2 is 1.89 bits per heavy atom. The van der Waals surface area contributed by atoms with E-state index in [9.17, 15) is 0 Å². The molecule has 5 heteroatoms. The van der Waals surface area contributed by atoms with E-state index < -0.39 is 0 Å². The van der Waals surface area contributed by atoms with Gasteiger partial charge in [-0.05, 0) is 11.6 Å². The van der Waals surface area contributed by atoms with Gasteiger partial charge < -0.3 is 16.4 Å². The summed E-state index contributed by atoms with van der Waals surface area (Å²) in [6, 6.07) is 12.0. The summed E-state index contributed by atoms with van der Waals surface area (Å²) in [6.07, 6.45) is 1.72. The third-order valence-electron chi connectivity index (χ3n) is 2.40. The van der Waals surface area contributed by atoms with Crippen molar-refractivity contribution in [2.45, 2.75) is 6.54 Å². The highest BCUT2D eigenvalue weighted by molar-refractivity contribution is 5.40. The first-order valence-electron chi connectivity index (χ1n) is 5.93. The summed E-state index contributed by atoms with van der Waals surface area (Å²) < 4.78 is 0. The van der Waals surface area contributed by atoms with E-state index in [1.807, 2.05) is 24.3 Å². The van der Waals surface area contributed by atoms with Crippen molar-refractivity contribution in [1.82, 2.24) is 9.97 Å². The Bertz CT molecular complexity index is 472. The van der Waals surface area contributed by atoms with E-state index in [1.165, 1.54) is 5.56 Å². The zero-order chi connectivity index (χ0) is 12.6. The average Bonchev–Trinajstić information content (AvgIpc) is 2.44. The second kappa shape index (κ2) is 6.56. The fraction of sp³-hybridized carbons (Fsp3) is 0.231. The lowest BCUT2D eigenvalue weighted by Gasteiger charge is -2.07. The Hall–Kier alpha value is -2.14. The van der Waals surface area contributed by atoms with Gasteiger partial charge >= 0.3 is 0 Å². The molecule has 1 heterocycles. The van der Waals surface area contributed by atoms with Gasteiger partial charge in [-0.1, -0.05) is 30.3 Å².